The van der Waals surface area contributed by atoms with Gasteiger partial charge in [-0.1, -0.05) is 32.4 Å². The van der Waals surface area contributed by atoms with Crippen molar-refractivity contribution < 1.29 is 34.2 Å². The second-order valence-electron chi connectivity index (χ2n) is 9.60. The van der Waals surface area contributed by atoms with Crippen LogP contribution in [0.5, 0.6) is 5.75 Å². The minimum absolute atomic E-state index is 0.00602. The number of aromatic nitrogens is 2. The van der Waals surface area contributed by atoms with Crippen LogP contribution in [0.1, 0.15) is 44.4 Å². The molecule has 218 valence electrons. The summed E-state index contributed by atoms with van der Waals surface area (Å²) < 4.78 is 0. The number of nitrogens with zero attached hydrogens (tertiary/aromatic N) is 1. The Morgan fingerprint density at radius 2 is 1.57 bits per heavy atom. The van der Waals surface area contributed by atoms with E-state index in [1.807, 2.05) is 0 Å². The number of nitrogens with one attached hydrogen (secondary N) is 4. The van der Waals surface area contributed by atoms with Gasteiger partial charge >= 0.3 is 5.97 Å². The number of hydrogen-bond donors (Lipinski definition) is 8. The SMILES string of the molecule is CCC(C)C(NC(=O)C(Cc1ccc(O)cc1)NC(=O)C(Cc1cnc[nH]1)NC(=O)C(N)CCC(N)=O)C(=O)O. The van der Waals surface area contributed by atoms with Crippen LogP contribution in [0.2, 0.25) is 0 Å². The lowest BCUT2D eigenvalue weighted by molar-refractivity contribution is -0.143. The minimum atomic E-state index is -1.23. The topological polar surface area (TPSA) is 243 Å². The molecular formula is C26H37N7O7. The molecule has 2 aromatic rings. The summed E-state index contributed by atoms with van der Waals surface area (Å²) in [6, 6.07) is 1.22. The van der Waals surface area contributed by atoms with Crippen LogP contribution < -0.4 is 27.4 Å². The van der Waals surface area contributed by atoms with E-state index in [9.17, 15) is 34.2 Å². The Bertz CT molecular complexity index is 1150. The third-order valence-corrected chi connectivity index (χ3v) is 6.44. The largest absolute Gasteiger partial charge is 0.508 e. The molecular weight excluding hydrogens is 522 g/mol. The normalized spacial score (nSPS) is 14.7. The molecule has 0 aliphatic carbocycles. The van der Waals surface area contributed by atoms with Crippen molar-refractivity contribution in [2.75, 3.05) is 0 Å². The average molecular weight is 560 g/mol. The highest BCUT2D eigenvalue weighted by molar-refractivity contribution is 5.94. The van der Waals surface area contributed by atoms with Gasteiger partial charge in [0, 0.05) is 31.2 Å². The maximum Gasteiger partial charge on any atom is 0.326 e. The number of amides is 4. The number of phenols is 1. The number of benzene rings is 1. The predicted octanol–water partition coefficient (Wildman–Crippen LogP) is -0.922. The Labute approximate surface area is 231 Å². The molecule has 0 aliphatic heterocycles. The number of carboxylic acids is 1. The summed E-state index contributed by atoms with van der Waals surface area (Å²) in [5.41, 5.74) is 12.1. The molecule has 10 N–H and O–H groups in total. The van der Waals surface area contributed by atoms with Crippen molar-refractivity contribution in [1.82, 2.24) is 25.9 Å². The fraction of sp³-hybridized carbons (Fsp3) is 0.462. The van der Waals surface area contributed by atoms with E-state index in [4.69, 9.17) is 11.5 Å². The number of carboxylic acid groups (broad SMARTS) is 1. The summed E-state index contributed by atoms with van der Waals surface area (Å²) >= 11 is 0. The Morgan fingerprint density at radius 1 is 0.975 bits per heavy atom. The lowest BCUT2D eigenvalue weighted by Crippen LogP contribution is -2.58. The fourth-order valence-corrected chi connectivity index (χ4v) is 3.82. The lowest BCUT2D eigenvalue weighted by atomic mass is 9.98. The Balaban J connectivity index is 2.29. The predicted molar refractivity (Wildman–Crippen MR) is 143 cm³/mol. The van der Waals surface area contributed by atoms with Gasteiger partial charge in [0.2, 0.25) is 23.6 Å². The molecule has 2 rings (SSSR count). The number of aliphatic carboxylic acids is 1. The smallest absolute Gasteiger partial charge is 0.326 e. The first-order valence-electron chi connectivity index (χ1n) is 12.8. The number of primary amides is 1. The number of aromatic amines is 1. The Hall–Kier alpha value is -4.46. The van der Waals surface area contributed by atoms with Crippen LogP contribution in [-0.2, 0) is 36.8 Å². The van der Waals surface area contributed by atoms with Crippen molar-refractivity contribution in [2.24, 2.45) is 17.4 Å². The molecule has 1 aromatic heterocycles. The number of imidazole rings is 1. The first kappa shape index (κ1) is 31.8. The third-order valence-electron chi connectivity index (χ3n) is 6.44. The van der Waals surface area contributed by atoms with Gasteiger partial charge in [-0.2, -0.15) is 0 Å². The van der Waals surface area contributed by atoms with E-state index >= 15 is 0 Å². The maximum atomic E-state index is 13.5. The first-order chi connectivity index (χ1) is 18.9. The van der Waals surface area contributed by atoms with Gasteiger partial charge in [0.25, 0.3) is 0 Å². The molecule has 0 bridgehead atoms. The van der Waals surface area contributed by atoms with Crippen LogP contribution in [0.15, 0.2) is 36.8 Å². The summed E-state index contributed by atoms with van der Waals surface area (Å²) in [7, 11) is 0. The summed E-state index contributed by atoms with van der Waals surface area (Å²) in [6.45, 7) is 3.48. The summed E-state index contributed by atoms with van der Waals surface area (Å²) in [6.07, 6.45) is 3.13. The van der Waals surface area contributed by atoms with Crippen LogP contribution in [0.3, 0.4) is 0 Å². The molecule has 4 amide bonds. The van der Waals surface area contributed by atoms with E-state index in [-0.39, 0.29) is 37.4 Å². The highest BCUT2D eigenvalue weighted by Crippen LogP contribution is 2.13. The standard InChI is InChI=1S/C26H37N7O7/c1-3-14(2)22(26(39)40)33-25(38)19(10-15-4-6-17(34)7-5-15)32-24(37)20(11-16-12-29-13-30-16)31-23(36)18(27)8-9-21(28)35/h4-7,12-14,18-20,22,34H,3,8-11,27H2,1-2H3,(H2,28,35)(H,29,30)(H,31,36)(H,32,37)(H,33,38)(H,39,40). The molecule has 40 heavy (non-hydrogen) atoms. The first-order valence-corrected chi connectivity index (χ1v) is 12.8. The molecule has 5 unspecified atom stereocenters. The number of H-pyrrole nitrogens is 1. The van der Waals surface area contributed by atoms with Crippen molar-refractivity contribution in [3.05, 3.63) is 48.0 Å². The van der Waals surface area contributed by atoms with Crippen LogP contribution in [0, 0.1) is 5.92 Å². The van der Waals surface area contributed by atoms with Crippen LogP contribution in [0.4, 0.5) is 0 Å². The monoisotopic (exact) mass is 559 g/mol. The third kappa shape index (κ3) is 10.0. The van der Waals surface area contributed by atoms with Crippen molar-refractivity contribution in [3.8, 4) is 5.75 Å². The molecule has 5 atom stereocenters. The molecule has 14 nitrogen and oxygen atoms in total. The molecule has 0 saturated heterocycles. The molecule has 14 heteroatoms. The lowest BCUT2D eigenvalue weighted by Gasteiger charge is -2.26. The molecule has 1 aromatic carbocycles. The quantitative estimate of drug-likeness (QED) is 0.127. The zero-order valence-electron chi connectivity index (χ0n) is 22.4. The zero-order valence-corrected chi connectivity index (χ0v) is 22.4. The number of phenolic OH excluding ortho intramolecular Hbond substituents is 1. The van der Waals surface area contributed by atoms with Gasteiger partial charge < -0.3 is 42.6 Å². The van der Waals surface area contributed by atoms with Crippen LogP contribution in [0.25, 0.3) is 0 Å². The van der Waals surface area contributed by atoms with E-state index in [1.165, 1.54) is 24.7 Å². The van der Waals surface area contributed by atoms with Crippen molar-refractivity contribution in [3.63, 3.8) is 0 Å². The highest BCUT2D eigenvalue weighted by Gasteiger charge is 2.32. The van der Waals surface area contributed by atoms with Crippen LogP contribution >= 0.6 is 0 Å². The summed E-state index contributed by atoms with van der Waals surface area (Å²) in [5.74, 6) is -4.41. The molecule has 0 saturated carbocycles. The fourth-order valence-electron chi connectivity index (χ4n) is 3.82. The number of carbonyl (C=O) groups excluding carboxylic acids is 4. The minimum Gasteiger partial charge on any atom is -0.508 e. The number of aromatic hydroxyl groups is 1. The van der Waals surface area contributed by atoms with Crippen molar-refractivity contribution in [2.45, 2.75) is 70.1 Å². The maximum absolute atomic E-state index is 13.5. The van der Waals surface area contributed by atoms with Crippen LogP contribution in [-0.4, -0.2) is 73.9 Å². The highest BCUT2D eigenvalue weighted by atomic mass is 16.4. The molecule has 0 aliphatic rings. The van der Waals surface area contributed by atoms with E-state index in [1.54, 1.807) is 26.0 Å². The van der Waals surface area contributed by atoms with E-state index < -0.39 is 53.8 Å². The van der Waals surface area contributed by atoms with Crippen molar-refractivity contribution in [1.29, 1.82) is 0 Å². The molecule has 0 radical (unpaired) electrons. The van der Waals surface area contributed by atoms with E-state index in [0.717, 1.165) is 0 Å². The van der Waals surface area contributed by atoms with Gasteiger partial charge in [-0.3, -0.25) is 19.2 Å². The van der Waals surface area contributed by atoms with Gasteiger partial charge in [-0.25, -0.2) is 9.78 Å². The van der Waals surface area contributed by atoms with E-state index in [2.05, 4.69) is 25.9 Å². The second kappa shape index (κ2) is 15.2. The number of nitrogens with two attached hydrogens (primary N) is 2. The number of rotatable bonds is 16. The Kier molecular flexibility index (Phi) is 12.1. The molecule has 0 spiro atoms. The summed E-state index contributed by atoms with van der Waals surface area (Å²) in [5, 5.41) is 26.9. The van der Waals surface area contributed by atoms with Gasteiger partial charge in [-0.05, 0) is 30.0 Å². The van der Waals surface area contributed by atoms with Gasteiger partial charge in [-0.15, -0.1) is 0 Å². The summed E-state index contributed by atoms with van der Waals surface area (Å²) in [4.78, 5) is 69.1. The van der Waals surface area contributed by atoms with Gasteiger partial charge in [0.05, 0.1) is 12.4 Å². The number of carbonyl (C=O) groups is 5. The average Bonchev–Trinajstić information content (AvgIpc) is 3.43. The van der Waals surface area contributed by atoms with Gasteiger partial charge in [0.15, 0.2) is 0 Å². The number of hydrogen-bond acceptors (Lipinski definition) is 8. The van der Waals surface area contributed by atoms with Crippen molar-refractivity contribution >= 4 is 29.6 Å². The molecule has 1 heterocycles. The molecule has 0 fully saturated rings. The second-order valence-corrected chi connectivity index (χ2v) is 9.60. The van der Waals surface area contributed by atoms with Gasteiger partial charge in [0.1, 0.15) is 23.9 Å². The van der Waals surface area contributed by atoms with E-state index in [0.29, 0.717) is 17.7 Å². The Morgan fingerprint density at radius 3 is 2.12 bits per heavy atom. The zero-order chi connectivity index (χ0) is 29.8.